The molecule has 1 aliphatic heterocycles. The van der Waals surface area contributed by atoms with E-state index in [2.05, 4.69) is 23.8 Å². The maximum absolute atomic E-state index is 9.46. The number of hydrogen-bond acceptors (Lipinski definition) is 5. The van der Waals surface area contributed by atoms with Crippen molar-refractivity contribution < 1.29 is 9.84 Å². The Labute approximate surface area is 107 Å². The van der Waals surface area contributed by atoms with Crippen molar-refractivity contribution in [3.8, 4) is 0 Å². The highest BCUT2D eigenvalue weighted by molar-refractivity contribution is 5.67. The molecule has 3 N–H and O–H groups in total. The van der Waals surface area contributed by atoms with E-state index >= 15 is 0 Å². The number of morpholine rings is 1. The molecule has 0 saturated carbocycles. The summed E-state index contributed by atoms with van der Waals surface area (Å²) >= 11 is 0. The van der Waals surface area contributed by atoms with Gasteiger partial charge in [-0.3, -0.25) is 0 Å². The van der Waals surface area contributed by atoms with Gasteiger partial charge in [0.25, 0.3) is 0 Å². The Bertz CT molecular complexity index is 416. The van der Waals surface area contributed by atoms with Crippen LogP contribution in [0.15, 0.2) is 0 Å². The smallest absolute Gasteiger partial charge is 0.151 e. The van der Waals surface area contributed by atoms with Gasteiger partial charge in [0.05, 0.1) is 37.2 Å². The van der Waals surface area contributed by atoms with Crippen molar-refractivity contribution in [3.05, 3.63) is 5.69 Å². The summed E-state index contributed by atoms with van der Waals surface area (Å²) in [5, 5.41) is 13.9. The van der Waals surface area contributed by atoms with E-state index in [4.69, 9.17) is 10.5 Å². The SMILES string of the molecule is Cc1nn(C(C)C)c(N2CCOCC2CO)c1N. The summed E-state index contributed by atoms with van der Waals surface area (Å²) in [4.78, 5) is 2.11. The minimum atomic E-state index is -0.0466. The first-order valence-electron chi connectivity index (χ1n) is 6.36. The number of aliphatic hydroxyl groups is 1. The van der Waals surface area contributed by atoms with Crippen molar-refractivity contribution in [1.29, 1.82) is 0 Å². The summed E-state index contributed by atoms with van der Waals surface area (Å²) in [6.07, 6.45) is 0. The summed E-state index contributed by atoms with van der Waals surface area (Å²) in [6, 6.07) is 0.188. The number of rotatable bonds is 3. The van der Waals surface area contributed by atoms with Crippen LogP contribution >= 0.6 is 0 Å². The van der Waals surface area contributed by atoms with E-state index in [9.17, 15) is 5.11 Å². The van der Waals surface area contributed by atoms with Crippen LogP contribution in [-0.4, -0.2) is 47.3 Å². The molecule has 1 atom stereocenters. The van der Waals surface area contributed by atoms with Crippen LogP contribution in [0.4, 0.5) is 11.5 Å². The van der Waals surface area contributed by atoms with Crippen molar-refractivity contribution >= 4 is 11.5 Å². The van der Waals surface area contributed by atoms with Gasteiger partial charge in [0.1, 0.15) is 0 Å². The molecule has 0 bridgehead atoms. The molecule has 2 heterocycles. The van der Waals surface area contributed by atoms with Crippen LogP contribution in [0.1, 0.15) is 25.6 Å². The molecule has 1 unspecified atom stereocenters. The zero-order chi connectivity index (χ0) is 13.3. The average molecular weight is 254 g/mol. The second-order valence-corrected chi connectivity index (χ2v) is 4.97. The molecule has 0 aliphatic carbocycles. The Morgan fingerprint density at radius 3 is 2.89 bits per heavy atom. The fourth-order valence-electron chi connectivity index (χ4n) is 2.28. The first-order valence-corrected chi connectivity index (χ1v) is 6.36. The highest BCUT2D eigenvalue weighted by Crippen LogP contribution is 2.31. The number of aryl methyl sites for hydroxylation is 1. The lowest BCUT2D eigenvalue weighted by molar-refractivity contribution is 0.0717. The predicted molar refractivity (Wildman–Crippen MR) is 70.8 cm³/mol. The van der Waals surface area contributed by atoms with E-state index in [0.29, 0.717) is 18.9 Å². The lowest BCUT2D eigenvalue weighted by atomic mass is 10.2. The molecule has 0 radical (unpaired) electrons. The van der Waals surface area contributed by atoms with E-state index in [-0.39, 0.29) is 18.7 Å². The second-order valence-electron chi connectivity index (χ2n) is 4.97. The summed E-state index contributed by atoms with van der Waals surface area (Å²) in [5.74, 6) is 0.907. The van der Waals surface area contributed by atoms with Crippen LogP contribution < -0.4 is 10.6 Å². The first kappa shape index (κ1) is 13.2. The predicted octanol–water partition coefficient (Wildman–Crippen LogP) is 0.552. The van der Waals surface area contributed by atoms with Crippen LogP contribution in [0.25, 0.3) is 0 Å². The van der Waals surface area contributed by atoms with Gasteiger partial charge in [0.15, 0.2) is 5.82 Å². The number of nitrogens with zero attached hydrogens (tertiary/aromatic N) is 3. The third kappa shape index (κ3) is 2.18. The lowest BCUT2D eigenvalue weighted by Crippen LogP contribution is -2.48. The van der Waals surface area contributed by atoms with E-state index in [1.54, 1.807) is 0 Å². The molecular weight excluding hydrogens is 232 g/mol. The van der Waals surface area contributed by atoms with Gasteiger partial charge in [-0.15, -0.1) is 0 Å². The lowest BCUT2D eigenvalue weighted by Gasteiger charge is -2.37. The van der Waals surface area contributed by atoms with E-state index in [0.717, 1.165) is 18.1 Å². The number of nitrogen functional groups attached to an aromatic ring is 1. The standard InChI is InChI=1S/C12H22N4O2/c1-8(2)16-12(11(13)9(3)14-16)15-4-5-18-7-10(15)6-17/h8,10,17H,4-7,13H2,1-3H3. The second kappa shape index (κ2) is 5.16. The molecule has 6 heteroatoms. The summed E-state index contributed by atoms with van der Waals surface area (Å²) in [5.41, 5.74) is 7.67. The van der Waals surface area contributed by atoms with Gasteiger partial charge in [-0.1, -0.05) is 0 Å². The Kier molecular flexibility index (Phi) is 3.77. The van der Waals surface area contributed by atoms with Crippen LogP contribution in [0.2, 0.25) is 0 Å². The Morgan fingerprint density at radius 2 is 2.28 bits per heavy atom. The van der Waals surface area contributed by atoms with Gasteiger partial charge < -0.3 is 20.5 Å². The fraction of sp³-hybridized carbons (Fsp3) is 0.750. The Morgan fingerprint density at radius 1 is 1.56 bits per heavy atom. The van der Waals surface area contributed by atoms with Crippen molar-refractivity contribution in [2.75, 3.05) is 37.0 Å². The fourth-order valence-corrected chi connectivity index (χ4v) is 2.28. The normalized spacial score (nSPS) is 20.7. The molecule has 1 saturated heterocycles. The van der Waals surface area contributed by atoms with Crippen molar-refractivity contribution in [2.24, 2.45) is 0 Å². The van der Waals surface area contributed by atoms with Crippen LogP contribution in [-0.2, 0) is 4.74 Å². The van der Waals surface area contributed by atoms with Gasteiger partial charge >= 0.3 is 0 Å². The maximum atomic E-state index is 9.46. The number of nitrogens with two attached hydrogens (primary N) is 1. The number of anilines is 2. The molecule has 0 amide bonds. The zero-order valence-corrected chi connectivity index (χ0v) is 11.3. The van der Waals surface area contributed by atoms with Crippen molar-refractivity contribution in [2.45, 2.75) is 32.9 Å². The minimum absolute atomic E-state index is 0.0466. The third-order valence-electron chi connectivity index (χ3n) is 3.30. The summed E-state index contributed by atoms with van der Waals surface area (Å²) < 4.78 is 7.33. The molecule has 6 nitrogen and oxygen atoms in total. The maximum Gasteiger partial charge on any atom is 0.151 e. The van der Waals surface area contributed by atoms with E-state index in [1.807, 2.05) is 11.6 Å². The van der Waals surface area contributed by atoms with Gasteiger partial charge in [0.2, 0.25) is 0 Å². The van der Waals surface area contributed by atoms with E-state index < -0.39 is 0 Å². The van der Waals surface area contributed by atoms with Gasteiger partial charge in [-0.05, 0) is 20.8 Å². The first-order chi connectivity index (χ1) is 8.56. The van der Waals surface area contributed by atoms with Crippen LogP contribution in [0.3, 0.4) is 0 Å². The molecular formula is C12H22N4O2. The highest BCUT2D eigenvalue weighted by atomic mass is 16.5. The molecule has 18 heavy (non-hydrogen) atoms. The third-order valence-corrected chi connectivity index (χ3v) is 3.30. The minimum Gasteiger partial charge on any atom is -0.394 e. The van der Waals surface area contributed by atoms with Crippen LogP contribution in [0.5, 0.6) is 0 Å². The van der Waals surface area contributed by atoms with Gasteiger partial charge in [-0.25, -0.2) is 4.68 Å². The topological polar surface area (TPSA) is 76.5 Å². The summed E-state index contributed by atoms with van der Waals surface area (Å²) in [6.45, 7) is 8.02. The monoisotopic (exact) mass is 254 g/mol. The molecule has 1 aliphatic rings. The largest absolute Gasteiger partial charge is 0.394 e. The van der Waals surface area contributed by atoms with E-state index in [1.165, 1.54) is 0 Å². The number of aromatic nitrogens is 2. The molecule has 2 rings (SSSR count). The molecule has 1 aromatic heterocycles. The molecule has 0 spiro atoms. The van der Waals surface area contributed by atoms with Crippen LogP contribution in [0, 0.1) is 6.92 Å². The quantitative estimate of drug-likeness (QED) is 0.824. The highest BCUT2D eigenvalue weighted by Gasteiger charge is 2.28. The number of ether oxygens (including phenoxy) is 1. The zero-order valence-electron chi connectivity index (χ0n) is 11.3. The molecule has 1 aromatic rings. The molecule has 1 fully saturated rings. The van der Waals surface area contributed by atoms with Crippen molar-refractivity contribution in [1.82, 2.24) is 9.78 Å². The summed E-state index contributed by atoms with van der Waals surface area (Å²) in [7, 11) is 0. The number of aliphatic hydroxyl groups excluding tert-OH is 1. The van der Waals surface area contributed by atoms with Gasteiger partial charge in [-0.2, -0.15) is 5.10 Å². The molecule has 102 valence electrons. The average Bonchev–Trinajstić information content (AvgIpc) is 2.66. The number of hydrogen-bond donors (Lipinski definition) is 2. The Hall–Kier alpha value is -1.27. The molecule has 0 aromatic carbocycles. The Balaban J connectivity index is 2.41. The van der Waals surface area contributed by atoms with Gasteiger partial charge in [0, 0.05) is 12.6 Å². The van der Waals surface area contributed by atoms with Crippen molar-refractivity contribution in [3.63, 3.8) is 0 Å².